The van der Waals surface area contributed by atoms with Gasteiger partial charge in [0.2, 0.25) is 0 Å². The summed E-state index contributed by atoms with van der Waals surface area (Å²) in [6.07, 6.45) is 0. The Labute approximate surface area is 166 Å². The fraction of sp³-hybridized carbons (Fsp3) is 0.176. The van der Waals surface area contributed by atoms with Gasteiger partial charge >= 0.3 is 10.2 Å². The number of nitriles is 1. The highest BCUT2D eigenvalue weighted by molar-refractivity contribution is 8.45. The van der Waals surface area contributed by atoms with Gasteiger partial charge in [0, 0.05) is 5.56 Å². The van der Waals surface area contributed by atoms with Crippen molar-refractivity contribution >= 4 is 27.7 Å². The van der Waals surface area contributed by atoms with Gasteiger partial charge in [0.25, 0.3) is 5.91 Å². The van der Waals surface area contributed by atoms with Crippen LogP contribution in [0.2, 0.25) is 5.02 Å². The van der Waals surface area contributed by atoms with E-state index in [4.69, 9.17) is 16.3 Å². The van der Waals surface area contributed by atoms with Crippen LogP contribution in [0, 0.1) is 17.1 Å². The second-order valence-electron chi connectivity index (χ2n) is 6.23. The third-order valence-electron chi connectivity index (χ3n) is 3.63. The summed E-state index contributed by atoms with van der Waals surface area (Å²) in [6, 6.07) is 6.74. The fourth-order valence-electron chi connectivity index (χ4n) is 2.10. The molecule has 0 heterocycles. The Bertz CT molecular complexity index is 993. The maximum atomic E-state index is 13.4. The molecule has 12 heteroatoms. The van der Waals surface area contributed by atoms with Gasteiger partial charge in [0.05, 0.1) is 6.07 Å². The van der Waals surface area contributed by atoms with E-state index >= 15 is 0 Å². The topological polar surface area (TPSA) is 62.1 Å². The monoisotopic (exact) mass is 458 g/mol. The van der Waals surface area contributed by atoms with Gasteiger partial charge in [-0.15, -0.1) is 0 Å². The normalized spacial score (nSPS) is 16.0. The second-order valence-corrected chi connectivity index (χ2v) is 9.02. The average molecular weight is 459 g/mol. The van der Waals surface area contributed by atoms with Crippen molar-refractivity contribution in [3.63, 3.8) is 0 Å². The zero-order chi connectivity index (χ0) is 22.2. The molecule has 158 valence electrons. The maximum absolute atomic E-state index is 13.4. The Kier molecular flexibility index (Phi) is 5.28. The number of carbonyl (C=O) groups excluding carboxylic acids is 1. The van der Waals surface area contributed by atoms with E-state index in [1.54, 1.807) is 6.07 Å². The molecule has 4 nitrogen and oxygen atoms in total. The average Bonchev–Trinajstić information content (AvgIpc) is 2.61. The Balaban J connectivity index is 2.15. The minimum atomic E-state index is -9.86. The molecule has 29 heavy (non-hydrogen) atoms. The van der Waals surface area contributed by atoms with Crippen LogP contribution in [0.5, 0.6) is 5.75 Å². The molecule has 0 saturated carbocycles. The standard InChI is InChI=1S/C17H13ClF6N2O2S/c1-17(9-25,10-28-14-4-2-3-13(19)15(14)18)26-16(27)11-5-7-12(8-6-11)29(20,21,22,23)24/h2-8H,10H2,1H3,(H,26,27). The van der Waals surface area contributed by atoms with Crippen molar-refractivity contribution in [2.75, 3.05) is 6.61 Å². The number of carbonyl (C=O) groups is 1. The molecular formula is C17H13ClF6N2O2S. The molecule has 0 aromatic heterocycles. The Morgan fingerprint density at radius 1 is 1.17 bits per heavy atom. The molecule has 0 aliphatic carbocycles. The van der Waals surface area contributed by atoms with E-state index in [0.717, 1.165) is 6.07 Å². The minimum absolute atomic E-state index is 0.0865. The summed E-state index contributed by atoms with van der Waals surface area (Å²) < 4.78 is 82.3. The highest BCUT2D eigenvalue weighted by Crippen LogP contribution is 3.02. The van der Waals surface area contributed by atoms with Crippen molar-refractivity contribution in [1.82, 2.24) is 5.32 Å². The molecular weight excluding hydrogens is 446 g/mol. The number of halogens is 7. The molecule has 0 bridgehead atoms. The molecule has 0 radical (unpaired) electrons. The molecule has 0 aliphatic rings. The van der Waals surface area contributed by atoms with Crippen molar-refractivity contribution in [1.29, 1.82) is 5.26 Å². The number of amides is 1. The highest BCUT2D eigenvalue weighted by atomic mass is 35.5. The molecule has 0 spiro atoms. The first-order valence-electron chi connectivity index (χ1n) is 7.69. The Morgan fingerprint density at radius 2 is 1.76 bits per heavy atom. The summed E-state index contributed by atoms with van der Waals surface area (Å²) in [7, 11) is -9.86. The van der Waals surface area contributed by atoms with Crippen molar-refractivity contribution in [2.45, 2.75) is 17.4 Å². The molecule has 1 atom stereocenters. The van der Waals surface area contributed by atoms with Crippen molar-refractivity contribution in [3.05, 3.63) is 58.9 Å². The molecule has 1 N–H and O–H groups in total. The first kappa shape index (κ1) is 22.7. The smallest absolute Gasteiger partial charge is 0.310 e. The third kappa shape index (κ3) is 5.71. The van der Waals surface area contributed by atoms with Gasteiger partial charge in [-0.1, -0.05) is 37.1 Å². The summed E-state index contributed by atoms with van der Waals surface area (Å²) in [4.78, 5) is 10.1. The lowest BCUT2D eigenvalue weighted by Crippen LogP contribution is -2.49. The van der Waals surface area contributed by atoms with Gasteiger partial charge in [-0.25, -0.2) is 4.39 Å². The molecule has 1 unspecified atom stereocenters. The van der Waals surface area contributed by atoms with Crippen LogP contribution in [0.4, 0.5) is 23.8 Å². The van der Waals surface area contributed by atoms with Gasteiger partial charge in [0.1, 0.15) is 28.1 Å². The van der Waals surface area contributed by atoms with E-state index in [0.29, 0.717) is 12.1 Å². The summed E-state index contributed by atoms with van der Waals surface area (Å²) in [5.41, 5.74) is -2.08. The summed E-state index contributed by atoms with van der Waals surface area (Å²) >= 11 is 5.72. The second kappa shape index (κ2) is 6.74. The molecule has 1 amide bonds. The Morgan fingerprint density at radius 3 is 2.28 bits per heavy atom. The number of nitrogens with one attached hydrogen (secondary N) is 1. The number of hydrogen-bond donors (Lipinski definition) is 1. The molecule has 2 aromatic carbocycles. The van der Waals surface area contributed by atoms with Crippen LogP contribution in [-0.4, -0.2) is 18.1 Å². The number of benzene rings is 2. The quantitative estimate of drug-likeness (QED) is 0.522. The lowest BCUT2D eigenvalue weighted by Gasteiger charge is -2.40. The molecule has 0 saturated heterocycles. The van der Waals surface area contributed by atoms with E-state index in [2.05, 4.69) is 5.32 Å². The summed E-state index contributed by atoms with van der Waals surface area (Å²) in [6.45, 7) is 0.753. The van der Waals surface area contributed by atoms with Gasteiger partial charge < -0.3 is 10.1 Å². The number of nitrogens with zero attached hydrogens (tertiary/aromatic N) is 1. The van der Waals surface area contributed by atoms with Crippen LogP contribution < -0.4 is 10.1 Å². The van der Waals surface area contributed by atoms with Crippen LogP contribution in [0.1, 0.15) is 17.3 Å². The highest BCUT2D eigenvalue weighted by Gasteiger charge is 2.65. The lowest BCUT2D eigenvalue weighted by molar-refractivity contribution is 0.0901. The fourth-order valence-corrected chi connectivity index (χ4v) is 2.93. The molecule has 0 aliphatic heterocycles. The van der Waals surface area contributed by atoms with Gasteiger partial charge in [-0.2, -0.15) is 5.26 Å². The third-order valence-corrected chi connectivity index (χ3v) is 5.16. The SMILES string of the molecule is CC(C#N)(COc1cccc(F)c1Cl)NC(=O)c1ccc(S(F)(F)(F)(F)F)cc1. The first-order valence-corrected chi connectivity index (χ1v) is 10.0. The lowest BCUT2D eigenvalue weighted by atomic mass is 10.1. The first-order chi connectivity index (χ1) is 13.0. The van der Waals surface area contributed by atoms with Crippen LogP contribution in [0.25, 0.3) is 0 Å². The largest absolute Gasteiger partial charge is 0.488 e. The summed E-state index contributed by atoms with van der Waals surface area (Å²) in [5.74, 6) is -1.87. The molecule has 2 aromatic rings. The van der Waals surface area contributed by atoms with Crippen LogP contribution in [0.15, 0.2) is 47.4 Å². The van der Waals surface area contributed by atoms with Crippen LogP contribution in [-0.2, 0) is 0 Å². The summed E-state index contributed by atoms with van der Waals surface area (Å²) in [5, 5.41) is 11.2. The van der Waals surface area contributed by atoms with E-state index in [1.165, 1.54) is 19.1 Å². The van der Waals surface area contributed by atoms with Gasteiger partial charge in [0.15, 0.2) is 5.54 Å². The van der Waals surface area contributed by atoms with E-state index in [-0.39, 0.29) is 28.5 Å². The van der Waals surface area contributed by atoms with Crippen LogP contribution in [0.3, 0.4) is 0 Å². The van der Waals surface area contributed by atoms with E-state index in [9.17, 15) is 33.9 Å². The van der Waals surface area contributed by atoms with Gasteiger partial charge in [-0.05, 0) is 43.3 Å². The van der Waals surface area contributed by atoms with Crippen LogP contribution >= 0.6 is 21.8 Å². The predicted octanol–water partition coefficient (Wildman–Crippen LogP) is 6.23. The number of rotatable bonds is 6. The molecule has 2 rings (SSSR count). The van der Waals surface area contributed by atoms with Gasteiger partial charge in [-0.3, -0.25) is 4.79 Å². The Hall–Kier alpha value is -2.58. The van der Waals surface area contributed by atoms with Crippen molar-refractivity contribution in [3.8, 4) is 11.8 Å². The molecule has 0 fully saturated rings. The zero-order valence-corrected chi connectivity index (χ0v) is 16.1. The predicted molar refractivity (Wildman–Crippen MR) is 96.2 cm³/mol. The van der Waals surface area contributed by atoms with E-state index in [1.807, 2.05) is 0 Å². The van der Waals surface area contributed by atoms with Crippen molar-refractivity contribution in [2.24, 2.45) is 0 Å². The number of ether oxygens (including phenoxy) is 1. The maximum Gasteiger partial charge on any atom is 0.310 e. The van der Waals surface area contributed by atoms with Crippen molar-refractivity contribution < 1.29 is 33.4 Å². The zero-order valence-electron chi connectivity index (χ0n) is 14.6. The number of hydrogen-bond acceptors (Lipinski definition) is 3. The minimum Gasteiger partial charge on any atom is -0.488 e. The van der Waals surface area contributed by atoms with E-state index < -0.39 is 39.0 Å².